The van der Waals surface area contributed by atoms with Crippen LogP contribution >= 0.6 is 11.8 Å². The normalized spacial score (nSPS) is 13.3. The molecule has 0 aromatic rings. The number of carboxylic acids is 2. The number of unbranched alkanes of at least 4 members (excludes halogenated alkanes) is 36. The quantitative estimate of drug-likeness (QED) is 0.0208. The van der Waals surface area contributed by atoms with E-state index in [9.17, 15) is 44.1 Å². The third kappa shape index (κ3) is 40.5. The number of aliphatic carboxylic acids is 2. The van der Waals surface area contributed by atoms with Gasteiger partial charge in [-0.2, -0.15) is 11.8 Å². The second kappa shape index (κ2) is 54.3. The van der Waals surface area contributed by atoms with E-state index in [0.717, 1.165) is 80.9 Å². The molecule has 0 fully saturated rings. The standard InChI is InChI=1S/C54H103NO7S.C6H12N2O5/c1-4-7-10-13-16-19-22-25-28-31-34-37-40-43-50(58)54(53(61)62,48-63-47-49(57)46-56)55(51(59)44-41-38-35-32-29-26-23-20-17-14-11-8-5-2)52(60)45-42-39-36-33-30-27-24-21-18-15-12-9-6-3;7-3(1-9)5(11)8-4(2-10)6(12)13/h49,56-57H,4-48H2,1-3H3,(H,61,62);3-4,9-10H,1-2,7H2,(H,8,11)(H,12,13)/t49?,54-;/m1./s1. The van der Waals surface area contributed by atoms with E-state index in [1.165, 1.54) is 167 Å². The van der Waals surface area contributed by atoms with Crippen molar-refractivity contribution in [1.29, 1.82) is 0 Å². The van der Waals surface area contributed by atoms with E-state index < -0.39 is 79.0 Å². The summed E-state index contributed by atoms with van der Waals surface area (Å²) in [7, 11) is 0. The largest absolute Gasteiger partial charge is 0.480 e. The Morgan fingerprint density at radius 3 is 1.03 bits per heavy atom. The van der Waals surface area contributed by atoms with E-state index in [4.69, 9.17) is 21.1 Å². The Hall–Kier alpha value is -2.63. The number of aliphatic hydroxyl groups excluding tert-OH is 4. The summed E-state index contributed by atoms with van der Waals surface area (Å²) in [6, 6.07) is -2.56. The smallest absolute Gasteiger partial charge is 0.338 e. The number of nitrogens with one attached hydrogen (secondary N) is 1. The van der Waals surface area contributed by atoms with Crippen LogP contribution in [0.2, 0.25) is 0 Å². The second-order valence-electron chi connectivity index (χ2n) is 21.4. The fourth-order valence-electron chi connectivity index (χ4n) is 9.38. The third-order valence-electron chi connectivity index (χ3n) is 14.4. The van der Waals surface area contributed by atoms with Gasteiger partial charge in [-0.25, -0.2) is 9.59 Å². The fourth-order valence-corrected chi connectivity index (χ4v) is 10.6. The molecule has 16 heteroatoms. The van der Waals surface area contributed by atoms with Crippen LogP contribution in [0.4, 0.5) is 0 Å². The van der Waals surface area contributed by atoms with Crippen LogP contribution in [0.1, 0.15) is 290 Å². The minimum Gasteiger partial charge on any atom is -0.480 e. The van der Waals surface area contributed by atoms with Crippen molar-refractivity contribution in [2.75, 3.05) is 31.3 Å². The molecule has 3 unspecified atom stereocenters. The lowest BCUT2D eigenvalue weighted by Gasteiger charge is -2.38. The van der Waals surface area contributed by atoms with Crippen LogP contribution in [0.5, 0.6) is 0 Å². The maximum Gasteiger partial charge on any atom is 0.338 e. The van der Waals surface area contributed by atoms with Crippen molar-refractivity contribution in [2.45, 2.75) is 314 Å². The van der Waals surface area contributed by atoms with Gasteiger partial charge in [0.05, 0.1) is 25.9 Å². The highest BCUT2D eigenvalue weighted by atomic mass is 32.2. The molecular formula is C60H115N3O12S. The Morgan fingerprint density at radius 2 is 0.763 bits per heavy atom. The molecule has 0 saturated carbocycles. The molecule has 0 spiro atoms. The van der Waals surface area contributed by atoms with E-state index in [-0.39, 0.29) is 30.8 Å². The summed E-state index contributed by atoms with van der Waals surface area (Å²) in [5, 5.41) is 57.9. The molecule has 0 aliphatic carbocycles. The van der Waals surface area contributed by atoms with E-state index in [2.05, 4.69) is 20.8 Å². The molecular weight excluding hydrogens is 987 g/mol. The summed E-state index contributed by atoms with van der Waals surface area (Å²) in [6.45, 7) is 4.93. The summed E-state index contributed by atoms with van der Waals surface area (Å²) in [4.78, 5) is 78.3. The van der Waals surface area contributed by atoms with Crippen LogP contribution in [-0.2, 0) is 28.8 Å². The molecule has 0 aliphatic rings. The van der Waals surface area contributed by atoms with Gasteiger partial charge in [-0.1, -0.05) is 252 Å². The molecule has 448 valence electrons. The summed E-state index contributed by atoms with van der Waals surface area (Å²) in [6.07, 6.45) is 43.6. The van der Waals surface area contributed by atoms with Crippen LogP contribution in [0.25, 0.3) is 0 Å². The number of hydrogen-bond donors (Lipinski definition) is 8. The number of aliphatic hydroxyl groups is 4. The van der Waals surface area contributed by atoms with Crippen molar-refractivity contribution in [3.63, 3.8) is 0 Å². The third-order valence-corrected chi connectivity index (χ3v) is 15.6. The minimum atomic E-state index is -2.35. The fraction of sp³-hybridized carbons (Fsp3) is 0.900. The average molecular weight is 1100 g/mol. The maximum absolute atomic E-state index is 14.3. The molecule has 0 saturated heterocycles. The van der Waals surface area contributed by atoms with E-state index in [1.807, 2.05) is 5.32 Å². The lowest BCUT2D eigenvalue weighted by atomic mass is 9.88. The van der Waals surface area contributed by atoms with Crippen LogP contribution in [-0.4, -0.2) is 126 Å². The number of nitrogens with zero attached hydrogens (tertiary/aromatic N) is 1. The number of amides is 3. The van der Waals surface area contributed by atoms with Gasteiger partial charge in [-0.15, -0.1) is 0 Å². The van der Waals surface area contributed by atoms with Crippen molar-refractivity contribution in [1.82, 2.24) is 10.2 Å². The highest BCUT2D eigenvalue weighted by Gasteiger charge is 2.54. The Bertz CT molecular complexity index is 1380. The first-order valence-electron chi connectivity index (χ1n) is 30.7. The van der Waals surface area contributed by atoms with Gasteiger partial charge in [0.2, 0.25) is 23.3 Å². The van der Waals surface area contributed by atoms with Crippen molar-refractivity contribution in [3.8, 4) is 0 Å². The first-order valence-corrected chi connectivity index (χ1v) is 31.9. The molecule has 0 bridgehead atoms. The molecule has 9 N–H and O–H groups in total. The molecule has 15 nitrogen and oxygen atoms in total. The number of Topliss-reactive ketones (excluding diaryl/α,β-unsaturated/α-hetero) is 1. The predicted octanol–water partition coefficient (Wildman–Crippen LogP) is 12.1. The second-order valence-corrected chi connectivity index (χ2v) is 22.4. The summed E-state index contributed by atoms with van der Waals surface area (Å²) < 4.78 is 0. The van der Waals surface area contributed by atoms with Crippen LogP contribution < -0.4 is 11.1 Å². The molecule has 0 rings (SSSR count). The van der Waals surface area contributed by atoms with Crippen LogP contribution in [0.15, 0.2) is 0 Å². The monoisotopic (exact) mass is 1100 g/mol. The lowest BCUT2D eigenvalue weighted by molar-refractivity contribution is -0.169. The molecule has 76 heavy (non-hydrogen) atoms. The predicted molar refractivity (Wildman–Crippen MR) is 310 cm³/mol. The molecule has 0 heterocycles. The maximum atomic E-state index is 14.3. The number of carbonyl (C=O) groups excluding carboxylic acids is 4. The number of carboxylic acid groups (broad SMARTS) is 2. The number of imide groups is 1. The Labute approximate surface area is 466 Å². The van der Waals surface area contributed by atoms with E-state index in [0.29, 0.717) is 19.3 Å². The molecule has 0 aromatic carbocycles. The van der Waals surface area contributed by atoms with Gasteiger partial charge >= 0.3 is 11.9 Å². The first-order chi connectivity index (χ1) is 36.7. The highest BCUT2D eigenvalue weighted by Crippen LogP contribution is 2.30. The Kier molecular flexibility index (Phi) is 53.9. The van der Waals surface area contributed by atoms with E-state index >= 15 is 0 Å². The van der Waals surface area contributed by atoms with Gasteiger partial charge in [0, 0.05) is 30.8 Å². The van der Waals surface area contributed by atoms with Gasteiger partial charge in [-0.05, 0) is 19.3 Å². The average Bonchev–Trinajstić information content (AvgIpc) is 3.40. The van der Waals surface area contributed by atoms with E-state index in [1.54, 1.807) is 0 Å². The zero-order valence-electron chi connectivity index (χ0n) is 48.5. The van der Waals surface area contributed by atoms with Gasteiger partial charge < -0.3 is 41.7 Å². The van der Waals surface area contributed by atoms with Gasteiger partial charge in [-0.3, -0.25) is 24.1 Å². The molecule has 0 aromatic heterocycles. The zero-order valence-corrected chi connectivity index (χ0v) is 49.3. The first kappa shape index (κ1) is 75.4. The summed E-state index contributed by atoms with van der Waals surface area (Å²) in [5.41, 5.74) is 2.73. The van der Waals surface area contributed by atoms with Crippen LogP contribution in [0, 0.1) is 0 Å². The molecule has 3 amide bonds. The zero-order chi connectivity index (χ0) is 56.9. The lowest BCUT2D eigenvalue weighted by Crippen LogP contribution is -2.65. The van der Waals surface area contributed by atoms with Crippen LogP contribution in [0.3, 0.4) is 0 Å². The number of ketones is 1. The Balaban J connectivity index is 0. The van der Waals surface area contributed by atoms with Crippen molar-refractivity contribution >= 4 is 47.2 Å². The summed E-state index contributed by atoms with van der Waals surface area (Å²) in [5.74, 6) is -5.78. The number of nitrogens with two attached hydrogens (primary N) is 1. The molecule has 0 aliphatic heterocycles. The summed E-state index contributed by atoms with van der Waals surface area (Å²) >= 11 is 1.01. The Morgan fingerprint density at radius 1 is 0.461 bits per heavy atom. The number of thioether (sulfide) groups is 1. The molecule has 0 radical (unpaired) electrons. The number of carbonyl (C=O) groups is 6. The number of hydrogen-bond acceptors (Lipinski definition) is 12. The van der Waals surface area contributed by atoms with Crippen molar-refractivity contribution in [3.05, 3.63) is 0 Å². The minimum absolute atomic E-state index is 0.00845. The van der Waals surface area contributed by atoms with Gasteiger partial charge in [0.25, 0.3) is 0 Å². The number of rotatable bonds is 55. The van der Waals surface area contributed by atoms with Crippen molar-refractivity contribution in [2.24, 2.45) is 5.73 Å². The topological polar surface area (TPSA) is 265 Å². The van der Waals surface area contributed by atoms with Gasteiger partial charge in [0.1, 0.15) is 12.1 Å². The molecule has 4 atom stereocenters. The van der Waals surface area contributed by atoms with Crippen molar-refractivity contribution < 1.29 is 59.4 Å². The highest BCUT2D eigenvalue weighted by molar-refractivity contribution is 7.99. The van der Waals surface area contributed by atoms with Gasteiger partial charge in [0.15, 0.2) is 5.78 Å². The SMILES string of the molecule is CCCCCCCCCCCCCCCC(=O)N(C(=O)CCCCCCCCCCCCCCC)[C@@](CSCC(O)CO)(C(=O)O)C(=O)CCCCCCCCCCCCCCC.NC(CO)C(=O)NC(CO)C(=O)O.